The summed E-state index contributed by atoms with van der Waals surface area (Å²) in [5, 5.41) is 3.03. The summed E-state index contributed by atoms with van der Waals surface area (Å²) in [5.41, 5.74) is 4.57. The summed E-state index contributed by atoms with van der Waals surface area (Å²) in [4.78, 5) is 14.8. The Balaban J connectivity index is 1.23. The second kappa shape index (κ2) is 7.75. The zero-order chi connectivity index (χ0) is 17.8. The molecular formula is C22H24N2O2. The Labute approximate surface area is 154 Å². The lowest BCUT2D eigenvalue weighted by atomic mass is 10.00. The molecule has 0 radical (unpaired) electrons. The molecule has 2 aromatic rings. The number of carbonyl (C=O) groups excluding carboxylic acids is 1. The third-order valence-electron chi connectivity index (χ3n) is 5.07. The van der Waals surface area contributed by atoms with E-state index in [2.05, 4.69) is 34.5 Å². The number of carbonyl (C=O) groups is 1. The lowest BCUT2D eigenvalue weighted by Gasteiger charge is -2.28. The third kappa shape index (κ3) is 3.81. The number of fused-ring (bicyclic) bond motifs is 2. The number of hydrogen-bond acceptors (Lipinski definition) is 3. The number of nitrogens with one attached hydrogen (secondary N) is 1. The smallest absolute Gasteiger partial charge is 0.250 e. The van der Waals surface area contributed by atoms with Gasteiger partial charge in [0.25, 0.3) is 5.91 Å². The van der Waals surface area contributed by atoms with Crippen molar-refractivity contribution in [2.24, 2.45) is 0 Å². The molecule has 4 rings (SSSR count). The van der Waals surface area contributed by atoms with Crippen molar-refractivity contribution in [1.29, 1.82) is 0 Å². The van der Waals surface area contributed by atoms with Crippen molar-refractivity contribution in [3.8, 4) is 5.75 Å². The second-order valence-electron chi connectivity index (χ2n) is 6.90. The first-order chi connectivity index (χ1) is 12.8. The molecule has 0 saturated carbocycles. The van der Waals surface area contributed by atoms with Gasteiger partial charge in [-0.2, -0.15) is 0 Å². The van der Waals surface area contributed by atoms with E-state index in [0.29, 0.717) is 18.7 Å². The number of hydrogen-bond donors (Lipinski definition) is 1. The molecule has 2 heterocycles. The predicted molar refractivity (Wildman–Crippen MR) is 103 cm³/mol. The van der Waals surface area contributed by atoms with Gasteiger partial charge in [0.15, 0.2) is 0 Å². The first-order valence-electron chi connectivity index (χ1n) is 9.29. The number of rotatable bonds is 5. The highest BCUT2D eigenvalue weighted by molar-refractivity contribution is 5.99. The second-order valence-corrected chi connectivity index (χ2v) is 6.90. The maximum Gasteiger partial charge on any atom is 0.250 e. The van der Waals surface area contributed by atoms with Crippen LogP contribution in [0.3, 0.4) is 0 Å². The maximum absolute atomic E-state index is 12.3. The van der Waals surface area contributed by atoms with E-state index in [1.807, 2.05) is 30.3 Å². The van der Waals surface area contributed by atoms with E-state index >= 15 is 0 Å². The topological polar surface area (TPSA) is 41.6 Å². The molecule has 0 bridgehead atoms. The van der Waals surface area contributed by atoms with E-state index in [4.69, 9.17) is 4.74 Å². The highest BCUT2D eigenvalue weighted by Gasteiger charge is 2.17. The Kier molecular flexibility index (Phi) is 5.02. The SMILES string of the molecule is O=C(NCCCN1CCc2ccccc2C1)C1=Cc2ccccc2OC1. The molecule has 0 fully saturated rings. The molecular weight excluding hydrogens is 324 g/mol. The minimum absolute atomic E-state index is 0.0245. The Morgan fingerprint density at radius 1 is 1.08 bits per heavy atom. The molecule has 0 aliphatic carbocycles. The minimum atomic E-state index is -0.0245. The van der Waals surface area contributed by atoms with Crippen LogP contribution >= 0.6 is 0 Å². The zero-order valence-corrected chi connectivity index (χ0v) is 14.9. The molecule has 4 nitrogen and oxygen atoms in total. The Morgan fingerprint density at radius 3 is 2.81 bits per heavy atom. The van der Waals surface area contributed by atoms with Gasteiger partial charge in [-0.25, -0.2) is 0 Å². The molecule has 0 unspecified atom stereocenters. The summed E-state index contributed by atoms with van der Waals surface area (Å²) in [6.45, 7) is 4.15. The van der Waals surface area contributed by atoms with Gasteiger partial charge in [-0.05, 0) is 36.1 Å². The van der Waals surface area contributed by atoms with Gasteiger partial charge in [-0.15, -0.1) is 0 Å². The van der Waals surface area contributed by atoms with E-state index in [9.17, 15) is 4.79 Å². The molecule has 4 heteroatoms. The number of amides is 1. The maximum atomic E-state index is 12.3. The average Bonchev–Trinajstić information content (AvgIpc) is 2.70. The molecule has 26 heavy (non-hydrogen) atoms. The van der Waals surface area contributed by atoms with Gasteiger partial charge in [0, 0.05) is 31.7 Å². The van der Waals surface area contributed by atoms with Crippen LogP contribution in [0.5, 0.6) is 5.75 Å². The molecule has 0 aromatic heterocycles. The average molecular weight is 348 g/mol. The van der Waals surface area contributed by atoms with Crippen molar-refractivity contribution in [1.82, 2.24) is 10.2 Å². The van der Waals surface area contributed by atoms with E-state index in [1.165, 1.54) is 11.1 Å². The number of para-hydroxylation sites is 1. The van der Waals surface area contributed by atoms with Gasteiger partial charge >= 0.3 is 0 Å². The van der Waals surface area contributed by atoms with Crippen molar-refractivity contribution in [2.45, 2.75) is 19.4 Å². The van der Waals surface area contributed by atoms with Gasteiger partial charge in [0.2, 0.25) is 0 Å². The summed E-state index contributed by atoms with van der Waals surface area (Å²) in [6.07, 6.45) is 4.00. The molecule has 2 aliphatic heterocycles. The van der Waals surface area contributed by atoms with Crippen LogP contribution in [0.15, 0.2) is 54.1 Å². The van der Waals surface area contributed by atoms with Crippen LogP contribution < -0.4 is 10.1 Å². The number of nitrogens with zero attached hydrogens (tertiary/aromatic N) is 1. The molecule has 0 spiro atoms. The molecule has 0 saturated heterocycles. The molecule has 1 N–H and O–H groups in total. The van der Waals surface area contributed by atoms with Gasteiger partial charge in [-0.1, -0.05) is 42.5 Å². The Bertz CT molecular complexity index is 828. The normalized spacial score (nSPS) is 16.1. The lowest BCUT2D eigenvalue weighted by Crippen LogP contribution is -2.34. The predicted octanol–water partition coefficient (Wildman–Crippen LogP) is 3.03. The quantitative estimate of drug-likeness (QED) is 0.845. The van der Waals surface area contributed by atoms with Gasteiger partial charge in [-0.3, -0.25) is 9.69 Å². The van der Waals surface area contributed by atoms with Crippen molar-refractivity contribution in [2.75, 3.05) is 26.2 Å². The van der Waals surface area contributed by atoms with Crippen molar-refractivity contribution < 1.29 is 9.53 Å². The number of benzene rings is 2. The summed E-state index contributed by atoms with van der Waals surface area (Å²) >= 11 is 0. The molecule has 0 atom stereocenters. The highest BCUT2D eigenvalue weighted by atomic mass is 16.5. The Morgan fingerprint density at radius 2 is 1.88 bits per heavy atom. The first kappa shape index (κ1) is 16.9. The monoisotopic (exact) mass is 348 g/mol. The van der Waals surface area contributed by atoms with Crippen LogP contribution in [0.4, 0.5) is 0 Å². The fraction of sp³-hybridized carbons (Fsp3) is 0.318. The standard InChI is InChI=1S/C22H24N2O2/c25-22(20-14-18-7-3-4-9-21(18)26-16-20)23-11-5-12-24-13-10-17-6-1-2-8-19(17)15-24/h1-4,6-9,14H,5,10-13,15-16H2,(H,23,25). The fourth-order valence-electron chi connectivity index (χ4n) is 3.61. The van der Waals surface area contributed by atoms with Gasteiger partial charge in [0.05, 0.1) is 5.57 Å². The van der Waals surface area contributed by atoms with Crippen molar-refractivity contribution in [3.05, 3.63) is 70.8 Å². The van der Waals surface area contributed by atoms with Crippen LogP contribution in [-0.4, -0.2) is 37.0 Å². The van der Waals surface area contributed by atoms with Gasteiger partial charge < -0.3 is 10.1 Å². The summed E-state index contributed by atoms with van der Waals surface area (Å²) < 4.78 is 5.65. The summed E-state index contributed by atoms with van der Waals surface area (Å²) in [5.74, 6) is 0.818. The van der Waals surface area contributed by atoms with E-state index in [0.717, 1.165) is 43.8 Å². The van der Waals surface area contributed by atoms with Crippen LogP contribution in [0.2, 0.25) is 0 Å². The van der Waals surface area contributed by atoms with Crippen molar-refractivity contribution >= 4 is 12.0 Å². The van der Waals surface area contributed by atoms with Crippen LogP contribution in [0.25, 0.3) is 6.08 Å². The summed E-state index contributed by atoms with van der Waals surface area (Å²) in [7, 11) is 0. The van der Waals surface area contributed by atoms with Crippen LogP contribution in [0.1, 0.15) is 23.1 Å². The van der Waals surface area contributed by atoms with Crippen LogP contribution in [0, 0.1) is 0 Å². The van der Waals surface area contributed by atoms with E-state index in [1.54, 1.807) is 0 Å². The zero-order valence-electron chi connectivity index (χ0n) is 14.9. The summed E-state index contributed by atoms with van der Waals surface area (Å²) in [6, 6.07) is 16.5. The highest BCUT2D eigenvalue weighted by Crippen LogP contribution is 2.25. The van der Waals surface area contributed by atoms with Gasteiger partial charge in [0.1, 0.15) is 12.4 Å². The first-order valence-corrected chi connectivity index (χ1v) is 9.29. The number of ether oxygens (including phenoxy) is 1. The van der Waals surface area contributed by atoms with E-state index < -0.39 is 0 Å². The largest absolute Gasteiger partial charge is 0.488 e. The lowest BCUT2D eigenvalue weighted by molar-refractivity contribution is -0.117. The molecule has 2 aromatic carbocycles. The Hall–Kier alpha value is -2.59. The minimum Gasteiger partial charge on any atom is -0.488 e. The van der Waals surface area contributed by atoms with E-state index in [-0.39, 0.29) is 5.91 Å². The molecule has 134 valence electrons. The third-order valence-corrected chi connectivity index (χ3v) is 5.07. The fourth-order valence-corrected chi connectivity index (χ4v) is 3.61. The van der Waals surface area contributed by atoms with Crippen LogP contribution in [-0.2, 0) is 17.8 Å². The molecule has 2 aliphatic rings. The molecule has 1 amide bonds. The van der Waals surface area contributed by atoms with Crippen molar-refractivity contribution in [3.63, 3.8) is 0 Å².